The van der Waals surface area contributed by atoms with Gasteiger partial charge in [-0.3, -0.25) is 4.79 Å². The van der Waals surface area contributed by atoms with Gasteiger partial charge in [0.15, 0.2) is 0 Å². The fourth-order valence-electron chi connectivity index (χ4n) is 3.23. The molecule has 3 rings (SSSR count). The van der Waals surface area contributed by atoms with E-state index < -0.39 is 0 Å². The van der Waals surface area contributed by atoms with Gasteiger partial charge in [-0.1, -0.05) is 19.3 Å². The highest BCUT2D eigenvalue weighted by molar-refractivity contribution is 14.1. The molecular weight excluding hydrogens is 339 g/mol. The molecular formula is C15H17IO2. The normalized spacial score (nSPS) is 25.8. The maximum absolute atomic E-state index is 12.0. The number of carbonyl (C=O) groups excluding carboxylic acids is 1. The van der Waals surface area contributed by atoms with E-state index >= 15 is 0 Å². The van der Waals surface area contributed by atoms with Crippen molar-refractivity contribution in [2.75, 3.05) is 0 Å². The molecule has 0 saturated heterocycles. The molecule has 0 aliphatic heterocycles. The highest BCUT2D eigenvalue weighted by atomic mass is 127. The lowest BCUT2D eigenvalue weighted by molar-refractivity contribution is -0.156. The summed E-state index contributed by atoms with van der Waals surface area (Å²) in [6.07, 6.45) is 6.40. The summed E-state index contributed by atoms with van der Waals surface area (Å²) < 4.78 is 7.25. The summed E-state index contributed by atoms with van der Waals surface area (Å²) in [6, 6.07) is 8.09. The molecule has 1 aromatic rings. The predicted molar refractivity (Wildman–Crippen MR) is 78.7 cm³/mol. The van der Waals surface area contributed by atoms with Crippen LogP contribution in [0.5, 0.6) is 5.75 Å². The molecule has 1 spiro atoms. The van der Waals surface area contributed by atoms with E-state index in [9.17, 15) is 4.79 Å². The van der Waals surface area contributed by atoms with E-state index in [1.165, 1.54) is 22.8 Å². The topological polar surface area (TPSA) is 26.3 Å². The number of halogens is 1. The summed E-state index contributed by atoms with van der Waals surface area (Å²) in [6.45, 7) is 0. The Morgan fingerprint density at radius 2 is 1.78 bits per heavy atom. The summed E-state index contributed by atoms with van der Waals surface area (Å²) in [7, 11) is 0. The number of hydrogen-bond acceptors (Lipinski definition) is 2. The van der Waals surface area contributed by atoms with Crippen molar-refractivity contribution < 1.29 is 9.53 Å². The van der Waals surface area contributed by atoms with Crippen molar-refractivity contribution in [1.82, 2.24) is 0 Å². The van der Waals surface area contributed by atoms with Crippen LogP contribution in [-0.4, -0.2) is 11.9 Å². The molecule has 2 nitrogen and oxygen atoms in total. The Morgan fingerprint density at radius 3 is 2.39 bits per heavy atom. The Balaban J connectivity index is 1.73. The molecule has 96 valence electrons. The van der Waals surface area contributed by atoms with E-state index in [0.717, 1.165) is 18.6 Å². The summed E-state index contributed by atoms with van der Waals surface area (Å²) in [4.78, 5) is 12.0. The molecule has 0 N–H and O–H groups in total. The summed E-state index contributed by atoms with van der Waals surface area (Å²) in [5, 5.41) is 0. The zero-order chi connectivity index (χ0) is 12.6. The molecule has 2 aliphatic carbocycles. The van der Waals surface area contributed by atoms with E-state index in [2.05, 4.69) is 22.6 Å². The molecule has 1 aromatic carbocycles. The molecule has 18 heavy (non-hydrogen) atoms. The lowest BCUT2D eigenvalue weighted by Crippen LogP contribution is -2.57. The molecule has 2 aliphatic rings. The summed E-state index contributed by atoms with van der Waals surface area (Å²) in [5.74, 6) is 1.33. The van der Waals surface area contributed by atoms with Crippen LogP contribution in [0.2, 0.25) is 0 Å². The number of benzene rings is 1. The van der Waals surface area contributed by atoms with Gasteiger partial charge < -0.3 is 4.74 Å². The molecule has 2 saturated carbocycles. The van der Waals surface area contributed by atoms with Crippen LogP contribution >= 0.6 is 22.6 Å². The van der Waals surface area contributed by atoms with Crippen molar-refractivity contribution in [3.05, 3.63) is 27.8 Å². The van der Waals surface area contributed by atoms with Crippen molar-refractivity contribution in [1.29, 1.82) is 0 Å². The third-order valence-corrected chi connectivity index (χ3v) is 5.10. The van der Waals surface area contributed by atoms with Gasteiger partial charge in [-0.05, 0) is 59.7 Å². The first kappa shape index (κ1) is 12.5. The maximum atomic E-state index is 12.0. The van der Waals surface area contributed by atoms with Crippen molar-refractivity contribution in [3.63, 3.8) is 0 Å². The monoisotopic (exact) mass is 356 g/mol. The van der Waals surface area contributed by atoms with Crippen LogP contribution < -0.4 is 4.74 Å². The molecule has 1 unspecified atom stereocenters. The maximum Gasteiger partial charge on any atom is 0.146 e. The van der Waals surface area contributed by atoms with Gasteiger partial charge >= 0.3 is 0 Å². The van der Waals surface area contributed by atoms with Crippen LogP contribution in [0.15, 0.2) is 24.3 Å². The van der Waals surface area contributed by atoms with Gasteiger partial charge in [-0.15, -0.1) is 0 Å². The number of rotatable bonds is 2. The fourth-order valence-corrected chi connectivity index (χ4v) is 3.59. The molecule has 1 atom stereocenters. The van der Waals surface area contributed by atoms with Gasteiger partial charge in [0, 0.05) is 9.99 Å². The third-order valence-electron chi connectivity index (χ3n) is 4.38. The molecule has 0 aromatic heterocycles. The SMILES string of the molecule is O=C1CC(Oc2ccc(I)cc2)C12CCCCC2. The second-order valence-electron chi connectivity index (χ2n) is 5.40. The minimum Gasteiger partial charge on any atom is -0.489 e. The lowest BCUT2D eigenvalue weighted by atomic mass is 9.57. The van der Waals surface area contributed by atoms with Crippen LogP contribution in [-0.2, 0) is 4.79 Å². The lowest BCUT2D eigenvalue weighted by Gasteiger charge is -2.49. The van der Waals surface area contributed by atoms with E-state index in [0.29, 0.717) is 12.2 Å². The average molecular weight is 356 g/mol. The summed E-state index contributed by atoms with van der Waals surface area (Å²) >= 11 is 2.28. The molecule has 3 heteroatoms. The zero-order valence-corrected chi connectivity index (χ0v) is 12.5. The van der Waals surface area contributed by atoms with Crippen molar-refractivity contribution >= 4 is 28.4 Å². The Hall–Kier alpha value is -0.580. The highest BCUT2D eigenvalue weighted by Crippen LogP contribution is 2.50. The molecule has 0 radical (unpaired) electrons. The Bertz CT molecular complexity index is 446. The number of carbonyl (C=O) groups is 1. The minimum absolute atomic E-state index is 0.116. The smallest absolute Gasteiger partial charge is 0.146 e. The first-order valence-corrected chi connectivity index (χ1v) is 7.74. The van der Waals surface area contributed by atoms with E-state index in [1.54, 1.807) is 0 Å². The number of ketones is 1. The van der Waals surface area contributed by atoms with Crippen LogP contribution in [0, 0.1) is 8.99 Å². The molecule has 2 fully saturated rings. The van der Waals surface area contributed by atoms with Crippen LogP contribution in [0.1, 0.15) is 38.5 Å². The molecule has 0 amide bonds. The van der Waals surface area contributed by atoms with Gasteiger partial charge in [0.25, 0.3) is 0 Å². The second-order valence-corrected chi connectivity index (χ2v) is 6.65. The minimum atomic E-state index is -0.138. The van der Waals surface area contributed by atoms with Crippen LogP contribution in [0.25, 0.3) is 0 Å². The van der Waals surface area contributed by atoms with Crippen molar-refractivity contribution in [2.45, 2.75) is 44.6 Å². The van der Waals surface area contributed by atoms with E-state index in [-0.39, 0.29) is 11.5 Å². The summed E-state index contributed by atoms with van der Waals surface area (Å²) in [5.41, 5.74) is -0.138. The standard InChI is InChI=1S/C15H17IO2/c16-11-4-6-12(7-5-11)18-14-10-13(17)15(14)8-2-1-3-9-15/h4-7,14H,1-3,8-10H2. The fraction of sp³-hybridized carbons (Fsp3) is 0.533. The Labute approximate surface area is 121 Å². The molecule has 0 bridgehead atoms. The third kappa shape index (κ3) is 2.06. The zero-order valence-electron chi connectivity index (χ0n) is 10.3. The predicted octanol–water partition coefficient (Wildman–Crippen LogP) is 3.96. The van der Waals surface area contributed by atoms with Crippen LogP contribution in [0.3, 0.4) is 0 Å². The largest absolute Gasteiger partial charge is 0.489 e. The Morgan fingerprint density at radius 1 is 1.11 bits per heavy atom. The van der Waals surface area contributed by atoms with E-state index in [4.69, 9.17) is 4.74 Å². The molecule has 0 heterocycles. The van der Waals surface area contributed by atoms with Crippen molar-refractivity contribution in [2.24, 2.45) is 5.41 Å². The highest BCUT2D eigenvalue weighted by Gasteiger charge is 2.56. The number of hydrogen-bond donors (Lipinski definition) is 0. The van der Waals surface area contributed by atoms with Crippen molar-refractivity contribution in [3.8, 4) is 5.75 Å². The number of ether oxygens (including phenoxy) is 1. The van der Waals surface area contributed by atoms with Gasteiger partial charge in [0.05, 0.1) is 5.41 Å². The van der Waals surface area contributed by atoms with Gasteiger partial charge in [-0.2, -0.15) is 0 Å². The van der Waals surface area contributed by atoms with Crippen LogP contribution in [0.4, 0.5) is 0 Å². The Kier molecular flexibility index (Phi) is 3.34. The van der Waals surface area contributed by atoms with Gasteiger partial charge in [0.2, 0.25) is 0 Å². The second kappa shape index (κ2) is 4.83. The quantitative estimate of drug-likeness (QED) is 0.750. The van der Waals surface area contributed by atoms with E-state index in [1.807, 2.05) is 24.3 Å². The first-order valence-electron chi connectivity index (χ1n) is 6.66. The number of Topliss-reactive ketones (excluding diaryl/α,β-unsaturated/α-hetero) is 1. The van der Waals surface area contributed by atoms with Gasteiger partial charge in [0.1, 0.15) is 17.6 Å². The first-order chi connectivity index (χ1) is 8.71. The average Bonchev–Trinajstić information content (AvgIpc) is 2.42. The van der Waals surface area contributed by atoms with Gasteiger partial charge in [-0.25, -0.2) is 0 Å².